The van der Waals surface area contributed by atoms with Crippen LogP contribution in [-0.4, -0.2) is 4.98 Å². The van der Waals surface area contributed by atoms with Crippen LogP contribution in [0.1, 0.15) is 28.9 Å². The first-order chi connectivity index (χ1) is 8.83. The van der Waals surface area contributed by atoms with Gasteiger partial charge in [0.05, 0.1) is 5.69 Å². The molecule has 2 nitrogen and oxygen atoms in total. The predicted octanol–water partition coefficient (Wildman–Crippen LogP) is 4.10. The van der Waals surface area contributed by atoms with E-state index >= 15 is 0 Å². The van der Waals surface area contributed by atoms with E-state index in [9.17, 15) is 0 Å². The van der Waals surface area contributed by atoms with Crippen molar-refractivity contribution in [2.24, 2.45) is 0 Å². The highest BCUT2D eigenvalue weighted by Crippen LogP contribution is 2.23. The molecule has 18 heavy (non-hydrogen) atoms. The van der Waals surface area contributed by atoms with Gasteiger partial charge in [-0.3, -0.25) is 0 Å². The highest BCUT2D eigenvalue weighted by molar-refractivity contribution is 7.79. The molecule has 0 saturated heterocycles. The van der Waals surface area contributed by atoms with Gasteiger partial charge in [-0.1, -0.05) is 31.5 Å². The second kappa shape index (κ2) is 6.81. The molecule has 0 unspecified atom stereocenters. The molecule has 0 atom stereocenters. The maximum absolute atomic E-state index is 5.71. The van der Waals surface area contributed by atoms with Crippen LogP contribution in [0.15, 0.2) is 30.3 Å². The molecule has 2 rings (SSSR count). The predicted molar refractivity (Wildman–Crippen MR) is 79.6 cm³/mol. The van der Waals surface area contributed by atoms with Crippen molar-refractivity contribution in [2.45, 2.75) is 32.1 Å². The van der Waals surface area contributed by atoms with Gasteiger partial charge >= 0.3 is 0 Å². The lowest BCUT2D eigenvalue weighted by molar-refractivity contribution is 0.305. The number of para-hydroxylation sites is 1. The van der Waals surface area contributed by atoms with E-state index in [-0.39, 0.29) is 0 Å². The first-order valence-corrected chi connectivity index (χ1v) is 7.54. The summed E-state index contributed by atoms with van der Waals surface area (Å²) in [6.45, 7) is 2.71. The molecule has 0 aliphatic carbocycles. The van der Waals surface area contributed by atoms with Crippen LogP contribution in [-0.2, 0) is 18.8 Å². The number of hydrogen-bond acceptors (Lipinski definition) is 4. The summed E-state index contributed by atoms with van der Waals surface area (Å²) in [4.78, 5) is 5.90. The van der Waals surface area contributed by atoms with Gasteiger partial charge in [-0.2, -0.15) is 12.6 Å². The van der Waals surface area contributed by atoms with Gasteiger partial charge in [0.25, 0.3) is 0 Å². The number of ether oxygens (including phenoxy) is 1. The van der Waals surface area contributed by atoms with Crippen LogP contribution >= 0.6 is 24.0 Å². The van der Waals surface area contributed by atoms with Gasteiger partial charge < -0.3 is 4.74 Å². The van der Waals surface area contributed by atoms with E-state index in [1.807, 2.05) is 30.3 Å². The summed E-state index contributed by atoms with van der Waals surface area (Å²) in [5.41, 5.74) is 1.18. The molecule has 0 amide bonds. The van der Waals surface area contributed by atoms with Crippen molar-refractivity contribution in [1.29, 1.82) is 0 Å². The average molecular weight is 279 g/mol. The van der Waals surface area contributed by atoms with Crippen molar-refractivity contribution in [3.05, 3.63) is 45.9 Å². The molecule has 0 spiro atoms. The van der Waals surface area contributed by atoms with Gasteiger partial charge in [0.1, 0.15) is 17.4 Å². The number of aromatic nitrogens is 1. The lowest BCUT2D eigenvalue weighted by atomic mass is 10.2. The van der Waals surface area contributed by atoms with Crippen molar-refractivity contribution in [1.82, 2.24) is 4.98 Å². The Morgan fingerprint density at radius 2 is 2.06 bits per heavy atom. The highest BCUT2D eigenvalue weighted by Gasteiger charge is 2.09. The Morgan fingerprint density at radius 1 is 1.28 bits per heavy atom. The Hall–Kier alpha value is -1.00. The Morgan fingerprint density at radius 3 is 2.72 bits per heavy atom. The Bertz CT molecular complexity index is 482. The summed E-state index contributed by atoms with van der Waals surface area (Å²) in [5.74, 6) is 1.65. The maximum atomic E-state index is 5.71. The van der Waals surface area contributed by atoms with Crippen molar-refractivity contribution >= 4 is 24.0 Å². The first-order valence-electron chi connectivity index (χ1n) is 6.09. The Balaban J connectivity index is 2.01. The number of aryl methyl sites for hydroxylation is 1. The largest absolute Gasteiger partial charge is 0.486 e. The molecule has 0 fully saturated rings. The molecule has 0 aliphatic rings. The van der Waals surface area contributed by atoms with Gasteiger partial charge in [-0.15, -0.1) is 11.3 Å². The second-order valence-corrected chi connectivity index (χ2v) is 5.47. The monoisotopic (exact) mass is 279 g/mol. The van der Waals surface area contributed by atoms with Gasteiger partial charge in [0.15, 0.2) is 0 Å². The number of thiazole rings is 1. The van der Waals surface area contributed by atoms with Crippen LogP contribution in [0.25, 0.3) is 0 Å². The molecule has 0 bridgehead atoms. The molecule has 1 heterocycles. The molecular weight excluding hydrogens is 262 g/mol. The number of benzene rings is 1. The molecule has 4 heteroatoms. The third-order valence-electron chi connectivity index (χ3n) is 2.56. The zero-order valence-electron chi connectivity index (χ0n) is 10.4. The van der Waals surface area contributed by atoms with E-state index in [1.54, 1.807) is 11.3 Å². The number of thiol groups is 1. The molecular formula is C14H17NOS2. The smallest absolute Gasteiger partial charge is 0.140 e. The van der Waals surface area contributed by atoms with E-state index in [4.69, 9.17) is 4.74 Å². The molecule has 0 N–H and O–H groups in total. The molecule has 2 aromatic rings. The van der Waals surface area contributed by atoms with Crippen molar-refractivity contribution in [3.8, 4) is 5.75 Å². The molecule has 0 radical (unpaired) electrons. The normalized spacial score (nSPS) is 10.6. The number of nitrogens with zero attached hydrogens (tertiary/aromatic N) is 1. The van der Waals surface area contributed by atoms with E-state index in [0.717, 1.165) is 29.4 Å². The fourth-order valence-electron chi connectivity index (χ4n) is 1.72. The number of rotatable bonds is 6. The summed E-state index contributed by atoms with van der Waals surface area (Å²) < 4.78 is 5.71. The second-order valence-electron chi connectivity index (χ2n) is 3.99. The van der Waals surface area contributed by atoms with Gasteiger partial charge in [-0.05, 0) is 18.6 Å². The third kappa shape index (κ3) is 3.50. The van der Waals surface area contributed by atoms with Crippen LogP contribution in [0.3, 0.4) is 0 Å². The quantitative estimate of drug-likeness (QED) is 0.804. The van der Waals surface area contributed by atoms with Crippen LogP contribution in [0, 0.1) is 0 Å². The van der Waals surface area contributed by atoms with Crippen molar-refractivity contribution < 1.29 is 4.74 Å². The zero-order chi connectivity index (χ0) is 12.8. The third-order valence-corrected chi connectivity index (χ3v) is 4.16. The number of hydrogen-bond donors (Lipinski definition) is 1. The van der Waals surface area contributed by atoms with Crippen molar-refractivity contribution in [3.63, 3.8) is 0 Å². The van der Waals surface area contributed by atoms with E-state index in [1.165, 1.54) is 10.6 Å². The molecule has 1 aromatic heterocycles. The van der Waals surface area contributed by atoms with Gasteiger partial charge in [-0.25, -0.2) is 4.98 Å². The standard InChI is InChI=1S/C14H17NOS2/c1-2-6-12-13(10-17)18-14(15-12)9-16-11-7-4-3-5-8-11/h3-5,7-8,17H,2,6,9-10H2,1H3. The van der Waals surface area contributed by atoms with Gasteiger partial charge in [0, 0.05) is 10.6 Å². The summed E-state index contributed by atoms with van der Waals surface area (Å²) in [7, 11) is 0. The molecule has 0 saturated carbocycles. The van der Waals surface area contributed by atoms with Crippen LogP contribution in [0.5, 0.6) is 5.75 Å². The van der Waals surface area contributed by atoms with Crippen LogP contribution < -0.4 is 4.74 Å². The lowest BCUT2D eigenvalue weighted by Gasteiger charge is -2.02. The molecule has 1 aromatic carbocycles. The lowest BCUT2D eigenvalue weighted by Crippen LogP contribution is -1.95. The van der Waals surface area contributed by atoms with E-state index < -0.39 is 0 Å². The SMILES string of the molecule is CCCc1nc(COc2ccccc2)sc1CS. The molecule has 0 aliphatic heterocycles. The summed E-state index contributed by atoms with van der Waals surface area (Å²) >= 11 is 6.06. The summed E-state index contributed by atoms with van der Waals surface area (Å²) in [5, 5.41) is 1.03. The van der Waals surface area contributed by atoms with E-state index in [2.05, 4.69) is 24.5 Å². The average Bonchev–Trinajstić information content (AvgIpc) is 2.80. The topological polar surface area (TPSA) is 22.1 Å². The maximum Gasteiger partial charge on any atom is 0.140 e. The van der Waals surface area contributed by atoms with Crippen LogP contribution in [0.4, 0.5) is 0 Å². The van der Waals surface area contributed by atoms with Crippen LogP contribution in [0.2, 0.25) is 0 Å². The summed E-state index contributed by atoms with van der Waals surface area (Å²) in [6.07, 6.45) is 2.14. The minimum absolute atomic E-state index is 0.541. The van der Waals surface area contributed by atoms with Crippen molar-refractivity contribution in [2.75, 3.05) is 0 Å². The summed E-state index contributed by atoms with van der Waals surface area (Å²) in [6, 6.07) is 9.84. The fraction of sp³-hybridized carbons (Fsp3) is 0.357. The molecule has 96 valence electrons. The first kappa shape index (κ1) is 13.4. The minimum atomic E-state index is 0.541. The zero-order valence-corrected chi connectivity index (χ0v) is 12.1. The minimum Gasteiger partial charge on any atom is -0.486 e. The highest BCUT2D eigenvalue weighted by atomic mass is 32.1. The van der Waals surface area contributed by atoms with Gasteiger partial charge in [0.2, 0.25) is 0 Å². The Labute approximate surface area is 117 Å². The Kier molecular flexibility index (Phi) is 5.08. The fourth-order valence-corrected chi connectivity index (χ4v) is 2.98. The van der Waals surface area contributed by atoms with E-state index in [0.29, 0.717) is 6.61 Å².